The number of ether oxygens (including phenoxy) is 1. The second-order valence-corrected chi connectivity index (χ2v) is 4.29. The Balaban J connectivity index is 2.21. The van der Waals surface area contributed by atoms with Crippen molar-refractivity contribution in [3.05, 3.63) is 65.5 Å². The van der Waals surface area contributed by atoms with Gasteiger partial charge in [0.25, 0.3) is 0 Å². The van der Waals surface area contributed by atoms with Crippen molar-refractivity contribution in [2.45, 2.75) is 12.5 Å². The van der Waals surface area contributed by atoms with Gasteiger partial charge in [0.05, 0.1) is 13.2 Å². The van der Waals surface area contributed by atoms with E-state index in [1.807, 2.05) is 24.3 Å². The Morgan fingerprint density at radius 3 is 2.47 bits per heavy atom. The number of para-hydroxylation sites is 1. The van der Waals surface area contributed by atoms with Crippen LogP contribution in [0.25, 0.3) is 0 Å². The van der Waals surface area contributed by atoms with E-state index in [0.29, 0.717) is 6.42 Å². The highest BCUT2D eigenvalue weighted by molar-refractivity contribution is 5.35. The number of hydrogen-bond donors (Lipinski definition) is 2. The van der Waals surface area contributed by atoms with Crippen LogP contribution in [0.4, 0.5) is 4.39 Å². The lowest BCUT2D eigenvalue weighted by Crippen LogP contribution is -2.29. The predicted octanol–water partition coefficient (Wildman–Crippen LogP) is 2.58. The molecule has 0 aliphatic rings. The number of hydrazine groups is 1. The molecule has 4 heteroatoms. The van der Waals surface area contributed by atoms with E-state index in [-0.39, 0.29) is 11.9 Å². The summed E-state index contributed by atoms with van der Waals surface area (Å²) in [5.41, 5.74) is 4.75. The highest BCUT2D eigenvalue weighted by Crippen LogP contribution is 2.24. The molecule has 0 saturated heterocycles. The van der Waals surface area contributed by atoms with Crippen LogP contribution in [0.2, 0.25) is 0 Å². The van der Waals surface area contributed by atoms with Gasteiger partial charge in [-0.3, -0.25) is 11.3 Å². The van der Waals surface area contributed by atoms with Crippen molar-refractivity contribution in [2.24, 2.45) is 5.84 Å². The van der Waals surface area contributed by atoms with Gasteiger partial charge in [0.15, 0.2) is 0 Å². The topological polar surface area (TPSA) is 47.3 Å². The molecule has 0 heterocycles. The Hall–Kier alpha value is -1.91. The third-order valence-corrected chi connectivity index (χ3v) is 3.09. The van der Waals surface area contributed by atoms with Crippen molar-refractivity contribution in [3.8, 4) is 5.75 Å². The molecular formula is C15H17FN2O. The molecule has 3 nitrogen and oxygen atoms in total. The number of rotatable bonds is 5. The molecule has 1 unspecified atom stereocenters. The summed E-state index contributed by atoms with van der Waals surface area (Å²) in [6.45, 7) is 0. The summed E-state index contributed by atoms with van der Waals surface area (Å²) in [6, 6.07) is 14.0. The lowest BCUT2D eigenvalue weighted by atomic mass is 9.99. The molecular weight excluding hydrogens is 243 g/mol. The maximum absolute atomic E-state index is 12.9. The number of nitrogens with one attached hydrogen (secondary N) is 1. The molecule has 0 radical (unpaired) electrons. The lowest BCUT2D eigenvalue weighted by molar-refractivity contribution is 0.405. The molecule has 0 aliphatic heterocycles. The Morgan fingerprint density at radius 1 is 1.16 bits per heavy atom. The van der Waals surface area contributed by atoms with Crippen LogP contribution in [0.5, 0.6) is 5.75 Å². The number of halogens is 1. The van der Waals surface area contributed by atoms with E-state index in [1.165, 1.54) is 12.1 Å². The standard InChI is InChI=1S/C15H17FN2O/c1-19-15-5-3-2-4-12(15)10-14(18-17)11-6-8-13(16)9-7-11/h2-9,14,18H,10,17H2,1H3. The van der Waals surface area contributed by atoms with Crippen LogP contribution in [-0.2, 0) is 6.42 Å². The molecule has 19 heavy (non-hydrogen) atoms. The third kappa shape index (κ3) is 3.30. The first kappa shape index (κ1) is 13.5. The van der Waals surface area contributed by atoms with Crippen molar-refractivity contribution in [2.75, 3.05) is 7.11 Å². The van der Waals surface area contributed by atoms with Gasteiger partial charge >= 0.3 is 0 Å². The monoisotopic (exact) mass is 260 g/mol. The fourth-order valence-electron chi connectivity index (χ4n) is 2.06. The van der Waals surface area contributed by atoms with Gasteiger partial charge in [0, 0.05) is 0 Å². The normalized spacial score (nSPS) is 12.2. The first-order chi connectivity index (χ1) is 9.24. The molecule has 0 bridgehead atoms. The van der Waals surface area contributed by atoms with Gasteiger partial charge in [0.1, 0.15) is 11.6 Å². The smallest absolute Gasteiger partial charge is 0.123 e. The fraction of sp³-hybridized carbons (Fsp3) is 0.200. The predicted molar refractivity (Wildman–Crippen MR) is 73.2 cm³/mol. The summed E-state index contributed by atoms with van der Waals surface area (Å²) in [7, 11) is 1.64. The molecule has 2 rings (SSSR count). The van der Waals surface area contributed by atoms with E-state index in [1.54, 1.807) is 19.2 Å². The van der Waals surface area contributed by atoms with Crippen LogP contribution in [0.1, 0.15) is 17.2 Å². The molecule has 2 aromatic rings. The molecule has 2 aromatic carbocycles. The molecule has 0 amide bonds. The Kier molecular flexibility index (Phi) is 4.49. The Morgan fingerprint density at radius 2 is 1.84 bits per heavy atom. The van der Waals surface area contributed by atoms with E-state index in [4.69, 9.17) is 10.6 Å². The SMILES string of the molecule is COc1ccccc1CC(NN)c1ccc(F)cc1. The molecule has 0 saturated carbocycles. The number of methoxy groups -OCH3 is 1. The number of hydrogen-bond acceptors (Lipinski definition) is 3. The largest absolute Gasteiger partial charge is 0.496 e. The summed E-state index contributed by atoms with van der Waals surface area (Å²) in [4.78, 5) is 0. The average Bonchev–Trinajstić information content (AvgIpc) is 2.46. The summed E-state index contributed by atoms with van der Waals surface area (Å²) >= 11 is 0. The summed E-state index contributed by atoms with van der Waals surface area (Å²) < 4.78 is 18.2. The van der Waals surface area contributed by atoms with Gasteiger partial charge in [-0.15, -0.1) is 0 Å². The average molecular weight is 260 g/mol. The van der Waals surface area contributed by atoms with Crippen LogP contribution >= 0.6 is 0 Å². The number of benzene rings is 2. The first-order valence-corrected chi connectivity index (χ1v) is 6.08. The molecule has 3 N–H and O–H groups in total. The summed E-state index contributed by atoms with van der Waals surface area (Å²) in [5, 5.41) is 0. The third-order valence-electron chi connectivity index (χ3n) is 3.09. The van der Waals surface area contributed by atoms with Gasteiger partial charge in [-0.2, -0.15) is 0 Å². The van der Waals surface area contributed by atoms with Crippen LogP contribution < -0.4 is 16.0 Å². The highest BCUT2D eigenvalue weighted by atomic mass is 19.1. The van der Waals surface area contributed by atoms with Crippen LogP contribution in [0.3, 0.4) is 0 Å². The van der Waals surface area contributed by atoms with Crippen molar-refractivity contribution < 1.29 is 9.13 Å². The van der Waals surface area contributed by atoms with Gasteiger partial charge in [0.2, 0.25) is 0 Å². The zero-order chi connectivity index (χ0) is 13.7. The van der Waals surface area contributed by atoms with Gasteiger partial charge in [-0.25, -0.2) is 4.39 Å². The van der Waals surface area contributed by atoms with E-state index in [0.717, 1.165) is 16.9 Å². The zero-order valence-electron chi connectivity index (χ0n) is 10.8. The summed E-state index contributed by atoms with van der Waals surface area (Å²) in [5.74, 6) is 6.17. The second-order valence-electron chi connectivity index (χ2n) is 4.29. The quantitative estimate of drug-likeness (QED) is 0.641. The highest BCUT2D eigenvalue weighted by Gasteiger charge is 2.13. The second kappa shape index (κ2) is 6.31. The summed E-state index contributed by atoms with van der Waals surface area (Å²) in [6.07, 6.45) is 0.673. The van der Waals surface area contributed by atoms with Crippen LogP contribution in [0, 0.1) is 5.82 Å². The maximum Gasteiger partial charge on any atom is 0.123 e. The maximum atomic E-state index is 12.9. The molecule has 100 valence electrons. The van der Waals surface area contributed by atoms with E-state index >= 15 is 0 Å². The van der Waals surface area contributed by atoms with Crippen molar-refractivity contribution in [1.82, 2.24) is 5.43 Å². The van der Waals surface area contributed by atoms with Gasteiger partial charge in [-0.1, -0.05) is 30.3 Å². The minimum Gasteiger partial charge on any atom is -0.496 e. The van der Waals surface area contributed by atoms with Crippen molar-refractivity contribution >= 4 is 0 Å². The Bertz CT molecular complexity index is 528. The molecule has 0 spiro atoms. The van der Waals surface area contributed by atoms with Gasteiger partial charge in [-0.05, 0) is 35.7 Å². The molecule has 0 aromatic heterocycles. The van der Waals surface area contributed by atoms with Crippen LogP contribution in [0.15, 0.2) is 48.5 Å². The fourth-order valence-corrected chi connectivity index (χ4v) is 2.06. The van der Waals surface area contributed by atoms with Crippen LogP contribution in [-0.4, -0.2) is 7.11 Å². The molecule has 0 aliphatic carbocycles. The minimum atomic E-state index is -0.253. The zero-order valence-corrected chi connectivity index (χ0v) is 10.8. The minimum absolute atomic E-state index is 0.0862. The van der Waals surface area contributed by atoms with E-state index in [9.17, 15) is 4.39 Å². The lowest BCUT2D eigenvalue weighted by Gasteiger charge is -2.18. The molecule has 0 fully saturated rings. The van der Waals surface area contributed by atoms with Gasteiger partial charge < -0.3 is 4.74 Å². The van der Waals surface area contributed by atoms with E-state index in [2.05, 4.69) is 5.43 Å². The first-order valence-electron chi connectivity index (χ1n) is 6.08. The molecule has 1 atom stereocenters. The number of nitrogens with two attached hydrogens (primary N) is 1. The Labute approximate surface area is 112 Å². The van der Waals surface area contributed by atoms with E-state index < -0.39 is 0 Å². The van der Waals surface area contributed by atoms with Crippen molar-refractivity contribution in [1.29, 1.82) is 0 Å². The van der Waals surface area contributed by atoms with Crippen molar-refractivity contribution in [3.63, 3.8) is 0 Å².